The molecule has 0 saturated carbocycles. The Balaban J connectivity index is 1.11. The van der Waals surface area contributed by atoms with Gasteiger partial charge in [-0.15, -0.1) is 0 Å². The third-order valence-corrected chi connectivity index (χ3v) is 11.6. The molecule has 0 N–H and O–H groups in total. The lowest BCUT2D eigenvalue weighted by atomic mass is 9.79. The van der Waals surface area contributed by atoms with Crippen molar-refractivity contribution < 1.29 is 15.4 Å². The Kier molecular flexibility index (Phi) is 6.42. The average molecular weight is 764 g/mol. The van der Waals surface area contributed by atoms with Gasteiger partial charge in [0.1, 0.15) is 11.2 Å². The van der Waals surface area contributed by atoms with Gasteiger partial charge in [-0.25, -0.2) is 0 Å². The van der Waals surface area contributed by atoms with Gasteiger partial charge in [0.05, 0.1) is 11.0 Å². The van der Waals surface area contributed by atoms with Crippen LogP contribution in [0.4, 0.5) is 17.1 Å². The Labute approximate surface area is 356 Å². The van der Waals surface area contributed by atoms with Gasteiger partial charge in [0, 0.05) is 33.2 Å². The van der Waals surface area contributed by atoms with Crippen LogP contribution in [0.1, 0.15) is 35.9 Å². The normalized spacial score (nSPS) is 14.6. The third-order valence-electron chi connectivity index (χ3n) is 11.6. The fourth-order valence-electron chi connectivity index (χ4n) is 8.80. The van der Waals surface area contributed by atoms with Gasteiger partial charge in [0.25, 0.3) is 0 Å². The lowest BCUT2D eigenvalue weighted by molar-refractivity contribution is 0.662. The summed E-state index contributed by atoms with van der Waals surface area (Å²) in [4.78, 5) is 1.36. The van der Waals surface area contributed by atoms with Crippen LogP contribution < -0.4 is 4.90 Å². The highest BCUT2D eigenvalue weighted by atomic mass is 16.3. The minimum atomic E-state index is -0.510. The highest BCUT2D eigenvalue weighted by Crippen LogP contribution is 2.52. The van der Waals surface area contributed by atoms with Crippen molar-refractivity contribution >= 4 is 39.0 Å². The Bertz CT molecular complexity index is 3580. The molecule has 0 amide bonds. The van der Waals surface area contributed by atoms with Gasteiger partial charge in [-0.2, -0.15) is 0 Å². The molecule has 1 aliphatic carbocycles. The van der Waals surface area contributed by atoms with E-state index in [0.29, 0.717) is 33.4 Å². The van der Waals surface area contributed by atoms with Crippen LogP contribution in [0.25, 0.3) is 77.6 Å². The predicted octanol–water partition coefficient (Wildman–Crippen LogP) is 16.0. The van der Waals surface area contributed by atoms with Crippen LogP contribution >= 0.6 is 0 Å². The maximum atomic E-state index is 9.76. The largest absolute Gasteiger partial charge is 0.456 e. The minimum Gasteiger partial charge on any atom is -0.456 e. The van der Waals surface area contributed by atoms with Crippen LogP contribution in [0, 0.1) is 0 Å². The number of hydrogen-bond donors (Lipinski definition) is 0. The van der Waals surface area contributed by atoms with E-state index in [1.54, 1.807) is 24.3 Å². The topological polar surface area (TPSA) is 16.4 Å². The Morgan fingerprint density at radius 2 is 0.881 bits per heavy atom. The number of para-hydroxylation sites is 1. The first-order chi connectivity index (χ1) is 32.4. The van der Waals surface area contributed by atoms with Crippen molar-refractivity contribution in [3.8, 4) is 55.6 Å². The molecule has 11 rings (SSSR count). The molecule has 0 radical (unpaired) electrons. The molecule has 0 bridgehead atoms. The van der Waals surface area contributed by atoms with Crippen molar-refractivity contribution in [2.75, 3.05) is 4.90 Å². The quantitative estimate of drug-likeness (QED) is 0.161. The first kappa shape index (κ1) is 27.3. The van der Waals surface area contributed by atoms with E-state index in [4.69, 9.17) is 4.42 Å². The van der Waals surface area contributed by atoms with Gasteiger partial charge in [-0.05, 0) is 115 Å². The van der Waals surface area contributed by atoms with E-state index < -0.39 is 29.6 Å². The second-order valence-corrected chi connectivity index (χ2v) is 15.4. The van der Waals surface area contributed by atoms with E-state index in [0.717, 1.165) is 49.9 Å². The Morgan fingerprint density at radius 1 is 0.390 bits per heavy atom. The van der Waals surface area contributed by atoms with Gasteiger partial charge >= 0.3 is 0 Å². The lowest BCUT2D eigenvalue weighted by Crippen LogP contribution is -2.16. The molecule has 280 valence electrons. The zero-order valence-corrected chi connectivity index (χ0v) is 32.4. The summed E-state index contributed by atoms with van der Waals surface area (Å²) in [6.07, 6.45) is 0. The monoisotopic (exact) mass is 763 g/mol. The van der Waals surface area contributed by atoms with Crippen LogP contribution in [0.3, 0.4) is 0 Å². The number of fused-ring (bicyclic) bond motifs is 6. The molecule has 2 heteroatoms. The van der Waals surface area contributed by atoms with Crippen molar-refractivity contribution in [3.05, 3.63) is 223 Å². The molecule has 0 aliphatic heterocycles. The van der Waals surface area contributed by atoms with Crippen LogP contribution in [0.15, 0.2) is 217 Å². The summed E-state index contributed by atoms with van der Waals surface area (Å²) in [5, 5.41) is 1.43. The summed E-state index contributed by atoms with van der Waals surface area (Å²) in [5.74, 6) is 0. The van der Waals surface area contributed by atoms with Crippen molar-refractivity contribution in [3.63, 3.8) is 0 Å². The molecule has 0 spiro atoms. The standard InChI is InChI=1S/C57H41NO/c1-57(2)52-19-8-6-14-49(52)50-18-10-17-48(56(50)57)43-30-36-46(37-31-43)58(44-32-26-41(27-33-44)40-24-22-39(23-25-40)38-12-4-3-5-13-38)45-34-28-42(29-35-45)47-16-11-21-54-55(47)51-15-7-9-20-53(51)59-54/h3-37H,1-2H3/i28D,29D,30D,31D,34D,35D,36D,37D. The number of rotatable bonds is 7. The molecule has 1 aliphatic rings. The number of benzene rings is 9. The summed E-state index contributed by atoms with van der Waals surface area (Å²) in [6.45, 7) is 4.22. The zero-order valence-electron chi connectivity index (χ0n) is 40.4. The molecular formula is C57H41NO. The van der Waals surface area contributed by atoms with E-state index in [1.807, 2.05) is 103 Å². The summed E-state index contributed by atoms with van der Waals surface area (Å²) in [5.41, 5.74) is 9.82. The van der Waals surface area contributed by atoms with Crippen LogP contribution in [-0.2, 0) is 5.41 Å². The number of nitrogens with zero attached hydrogens (tertiary/aromatic N) is 1. The Morgan fingerprint density at radius 3 is 1.58 bits per heavy atom. The van der Waals surface area contributed by atoms with Gasteiger partial charge in [0.15, 0.2) is 0 Å². The molecule has 59 heavy (non-hydrogen) atoms. The molecule has 1 heterocycles. The molecule has 0 atom stereocenters. The van der Waals surface area contributed by atoms with E-state index in [9.17, 15) is 11.0 Å². The molecule has 1 aromatic heterocycles. The highest BCUT2D eigenvalue weighted by molar-refractivity contribution is 6.12. The zero-order chi connectivity index (χ0) is 46.5. The molecule has 0 fully saturated rings. The third kappa shape index (κ3) is 5.87. The van der Waals surface area contributed by atoms with Crippen molar-refractivity contribution in [2.24, 2.45) is 0 Å². The van der Waals surface area contributed by atoms with Gasteiger partial charge < -0.3 is 9.32 Å². The smallest absolute Gasteiger partial charge is 0.136 e. The van der Waals surface area contributed by atoms with Gasteiger partial charge in [-0.3, -0.25) is 0 Å². The second kappa shape index (κ2) is 13.9. The van der Waals surface area contributed by atoms with E-state index in [2.05, 4.69) is 50.2 Å². The fraction of sp³-hybridized carbons (Fsp3) is 0.0526. The molecule has 0 saturated heterocycles. The maximum Gasteiger partial charge on any atom is 0.136 e. The minimum absolute atomic E-state index is 0.0709. The summed E-state index contributed by atoms with van der Waals surface area (Å²) in [6, 6.07) is 49.4. The number of furan rings is 1. The maximum absolute atomic E-state index is 9.76. The van der Waals surface area contributed by atoms with Gasteiger partial charge in [-0.1, -0.05) is 178 Å². The van der Waals surface area contributed by atoms with Crippen molar-refractivity contribution in [2.45, 2.75) is 19.3 Å². The molecular weight excluding hydrogens is 715 g/mol. The van der Waals surface area contributed by atoms with Crippen molar-refractivity contribution in [1.29, 1.82) is 0 Å². The molecule has 9 aromatic carbocycles. The molecule has 2 nitrogen and oxygen atoms in total. The highest BCUT2D eigenvalue weighted by Gasteiger charge is 2.37. The average Bonchev–Trinajstić information content (AvgIpc) is 3.85. The van der Waals surface area contributed by atoms with Gasteiger partial charge in [0.2, 0.25) is 0 Å². The van der Waals surface area contributed by atoms with Crippen LogP contribution in [0.2, 0.25) is 0 Å². The van der Waals surface area contributed by atoms with Crippen LogP contribution in [0.5, 0.6) is 0 Å². The van der Waals surface area contributed by atoms with E-state index in [-0.39, 0.29) is 46.7 Å². The molecule has 10 aromatic rings. The molecule has 0 unspecified atom stereocenters. The number of hydrogen-bond acceptors (Lipinski definition) is 2. The first-order valence-electron chi connectivity index (χ1n) is 23.8. The Hall–Kier alpha value is -7.42. The SMILES string of the molecule is [2H]c1c([2H])c(N(c2ccc(-c3ccc(-c4ccccc4)cc3)cc2)c2c([2H])c([2H])c(-c3cccc4oc5ccccc5c34)c([2H])c2[2H])c([2H])c([2H])c1-c1cccc2c1C(C)(C)c1ccccc1-2. The van der Waals surface area contributed by atoms with Crippen LogP contribution in [-0.4, -0.2) is 0 Å². The predicted molar refractivity (Wildman–Crippen MR) is 248 cm³/mol. The van der Waals surface area contributed by atoms with E-state index in [1.165, 1.54) is 4.90 Å². The lowest BCUT2D eigenvalue weighted by Gasteiger charge is -2.27. The first-order valence-corrected chi connectivity index (χ1v) is 19.8. The van der Waals surface area contributed by atoms with Crippen molar-refractivity contribution in [1.82, 2.24) is 0 Å². The summed E-state index contributed by atoms with van der Waals surface area (Å²) in [7, 11) is 0. The fourth-order valence-corrected chi connectivity index (χ4v) is 8.80. The summed E-state index contributed by atoms with van der Waals surface area (Å²) < 4.78 is 83.6. The summed E-state index contributed by atoms with van der Waals surface area (Å²) >= 11 is 0. The van der Waals surface area contributed by atoms with E-state index >= 15 is 0 Å². The number of anilines is 3. The second-order valence-electron chi connectivity index (χ2n) is 15.4.